The highest BCUT2D eigenvalue weighted by Gasteiger charge is 2.25. The van der Waals surface area contributed by atoms with Gasteiger partial charge in [0.25, 0.3) is 17.3 Å². The first kappa shape index (κ1) is 22.4. The van der Waals surface area contributed by atoms with E-state index in [1.54, 1.807) is 18.2 Å². The number of anilines is 3. The molecule has 2 heterocycles. The summed E-state index contributed by atoms with van der Waals surface area (Å²) in [5, 5.41) is 25.6. The number of carbonyl (C=O) groups is 1. The van der Waals surface area contributed by atoms with Gasteiger partial charge in [-0.15, -0.1) is 0 Å². The van der Waals surface area contributed by atoms with Gasteiger partial charge in [0, 0.05) is 50.1 Å². The van der Waals surface area contributed by atoms with E-state index in [1.165, 1.54) is 18.2 Å². The van der Waals surface area contributed by atoms with Crippen molar-refractivity contribution in [3.63, 3.8) is 0 Å². The van der Waals surface area contributed by atoms with Gasteiger partial charge in [-0.05, 0) is 18.2 Å². The highest BCUT2D eigenvalue weighted by atomic mass is 16.6. The molecule has 0 spiro atoms. The zero-order valence-electron chi connectivity index (χ0n) is 17.8. The molecule has 2 aromatic rings. The number of carbonyl (C=O) groups excluding carboxylic acids is 1. The number of nitrogens with one attached hydrogen (secondary N) is 1. The largest absolute Gasteiger partial charge is 0.378 e. The fourth-order valence-electron chi connectivity index (χ4n) is 3.92. The Morgan fingerprint density at radius 3 is 1.97 bits per heavy atom. The van der Waals surface area contributed by atoms with Crippen molar-refractivity contribution in [3.05, 3.63) is 62.2 Å². The lowest BCUT2D eigenvalue weighted by Gasteiger charge is -2.30. The molecule has 2 aromatic carbocycles. The summed E-state index contributed by atoms with van der Waals surface area (Å²) in [6.45, 7) is 4.06. The molecule has 2 saturated heterocycles. The molecule has 12 heteroatoms. The van der Waals surface area contributed by atoms with E-state index < -0.39 is 15.8 Å². The number of hydrogen-bond donors (Lipinski definition) is 1. The van der Waals surface area contributed by atoms with Crippen molar-refractivity contribution < 1.29 is 24.1 Å². The summed E-state index contributed by atoms with van der Waals surface area (Å²) in [5.74, 6) is -0.589. The first-order chi connectivity index (χ1) is 15.9. The smallest absolute Gasteiger partial charge is 0.294 e. The molecule has 0 radical (unpaired) electrons. The maximum atomic E-state index is 13.1. The van der Waals surface area contributed by atoms with Crippen molar-refractivity contribution in [2.45, 2.75) is 0 Å². The van der Waals surface area contributed by atoms with E-state index in [-0.39, 0.29) is 22.6 Å². The van der Waals surface area contributed by atoms with E-state index in [9.17, 15) is 25.0 Å². The number of nitro benzene ring substituents is 2. The Hall–Kier alpha value is -3.77. The number of ether oxygens (including phenoxy) is 2. The molecule has 0 aromatic heterocycles. The molecule has 2 aliphatic heterocycles. The summed E-state index contributed by atoms with van der Waals surface area (Å²) in [5.41, 5.74) is 0.980. The third-order valence-corrected chi connectivity index (χ3v) is 5.57. The van der Waals surface area contributed by atoms with E-state index >= 15 is 0 Å². The highest BCUT2D eigenvalue weighted by molar-refractivity contribution is 6.09. The summed E-state index contributed by atoms with van der Waals surface area (Å²) >= 11 is 0. The minimum absolute atomic E-state index is 0.117. The van der Waals surface area contributed by atoms with Crippen LogP contribution in [0.1, 0.15) is 10.4 Å². The van der Waals surface area contributed by atoms with Crippen molar-refractivity contribution >= 4 is 34.3 Å². The second kappa shape index (κ2) is 9.79. The van der Waals surface area contributed by atoms with E-state index in [0.717, 1.165) is 0 Å². The van der Waals surface area contributed by atoms with Gasteiger partial charge in [-0.2, -0.15) is 0 Å². The number of benzene rings is 2. The predicted octanol–water partition coefficient (Wildman–Crippen LogP) is 2.43. The number of nitrogens with zero attached hydrogens (tertiary/aromatic N) is 4. The number of non-ortho nitro benzene ring substituents is 1. The Morgan fingerprint density at radius 1 is 0.818 bits per heavy atom. The Morgan fingerprint density at radius 2 is 1.39 bits per heavy atom. The fourth-order valence-corrected chi connectivity index (χ4v) is 3.92. The van der Waals surface area contributed by atoms with Gasteiger partial charge < -0.3 is 24.6 Å². The molecule has 2 fully saturated rings. The number of amides is 1. The lowest BCUT2D eigenvalue weighted by atomic mass is 10.1. The molecule has 0 atom stereocenters. The molecule has 1 amide bonds. The topological polar surface area (TPSA) is 140 Å². The second-order valence-electron chi connectivity index (χ2n) is 7.57. The van der Waals surface area contributed by atoms with Gasteiger partial charge in [0.15, 0.2) is 0 Å². The van der Waals surface area contributed by atoms with Crippen LogP contribution in [-0.2, 0) is 9.47 Å². The number of hydrogen-bond acceptors (Lipinski definition) is 9. The van der Waals surface area contributed by atoms with Crippen molar-refractivity contribution in [3.8, 4) is 0 Å². The molecule has 0 bridgehead atoms. The van der Waals surface area contributed by atoms with Gasteiger partial charge in [0.1, 0.15) is 5.69 Å². The third kappa shape index (κ3) is 5.02. The number of rotatable bonds is 6. The molecule has 33 heavy (non-hydrogen) atoms. The lowest BCUT2D eigenvalue weighted by Crippen LogP contribution is -2.37. The standard InChI is InChI=1S/C21H23N5O7/c27-21(17-14-16(25(28)29)2-4-18(17)23-5-9-32-10-6-23)22-15-1-3-19(20(13-15)26(30)31)24-7-11-33-12-8-24/h1-4,13-14H,5-12H2,(H,22,27). The van der Waals surface area contributed by atoms with E-state index in [4.69, 9.17) is 9.47 Å². The predicted molar refractivity (Wildman–Crippen MR) is 120 cm³/mol. The van der Waals surface area contributed by atoms with Crippen LogP contribution >= 0.6 is 0 Å². The van der Waals surface area contributed by atoms with Gasteiger partial charge in [-0.1, -0.05) is 0 Å². The van der Waals surface area contributed by atoms with Gasteiger partial charge in [-0.3, -0.25) is 25.0 Å². The molecule has 0 unspecified atom stereocenters. The normalized spacial score (nSPS) is 16.4. The van der Waals surface area contributed by atoms with Crippen LogP contribution in [0.4, 0.5) is 28.4 Å². The fraction of sp³-hybridized carbons (Fsp3) is 0.381. The lowest BCUT2D eigenvalue weighted by molar-refractivity contribution is -0.384. The van der Waals surface area contributed by atoms with Crippen LogP contribution < -0.4 is 15.1 Å². The van der Waals surface area contributed by atoms with Crippen molar-refractivity contribution in [2.24, 2.45) is 0 Å². The van der Waals surface area contributed by atoms with Crippen LogP contribution in [0.5, 0.6) is 0 Å². The molecule has 1 N–H and O–H groups in total. The SMILES string of the molecule is O=C(Nc1ccc(N2CCOCC2)c([N+](=O)[O-])c1)c1cc([N+](=O)[O-])ccc1N1CCOCC1. The monoisotopic (exact) mass is 457 g/mol. The van der Waals surface area contributed by atoms with Gasteiger partial charge in [0.05, 0.1) is 47.5 Å². The number of nitro groups is 2. The van der Waals surface area contributed by atoms with E-state index in [2.05, 4.69) is 5.32 Å². The number of morpholine rings is 2. The highest BCUT2D eigenvalue weighted by Crippen LogP contribution is 2.33. The molecule has 0 saturated carbocycles. The first-order valence-corrected chi connectivity index (χ1v) is 10.5. The van der Waals surface area contributed by atoms with Crippen LogP contribution in [0.2, 0.25) is 0 Å². The van der Waals surface area contributed by atoms with Crippen LogP contribution in [0.15, 0.2) is 36.4 Å². The summed E-state index contributed by atoms with van der Waals surface area (Å²) in [4.78, 5) is 38.8. The molecule has 4 rings (SSSR count). The second-order valence-corrected chi connectivity index (χ2v) is 7.57. The van der Waals surface area contributed by atoms with Crippen LogP contribution in [0.3, 0.4) is 0 Å². The maximum Gasteiger partial charge on any atom is 0.294 e. The quantitative estimate of drug-likeness (QED) is 0.511. The molecular formula is C21H23N5O7. The van der Waals surface area contributed by atoms with Crippen LogP contribution in [0.25, 0.3) is 0 Å². The average molecular weight is 457 g/mol. The Bertz CT molecular complexity index is 1060. The van der Waals surface area contributed by atoms with Crippen molar-refractivity contribution in [2.75, 3.05) is 67.7 Å². The van der Waals surface area contributed by atoms with Gasteiger partial charge in [-0.25, -0.2) is 0 Å². The third-order valence-electron chi connectivity index (χ3n) is 5.57. The van der Waals surface area contributed by atoms with Crippen LogP contribution in [-0.4, -0.2) is 68.4 Å². The first-order valence-electron chi connectivity index (χ1n) is 10.5. The molecule has 12 nitrogen and oxygen atoms in total. The summed E-state index contributed by atoms with van der Waals surface area (Å²) in [6.07, 6.45) is 0. The van der Waals surface area contributed by atoms with Gasteiger partial charge in [0.2, 0.25) is 0 Å². The Kier molecular flexibility index (Phi) is 6.66. The van der Waals surface area contributed by atoms with Crippen LogP contribution in [0, 0.1) is 20.2 Å². The Labute approximate surface area is 189 Å². The van der Waals surface area contributed by atoms with Crippen molar-refractivity contribution in [1.82, 2.24) is 0 Å². The maximum absolute atomic E-state index is 13.1. The summed E-state index contributed by atoms with van der Waals surface area (Å²) in [7, 11) is 0. The van der Waals surface area contributed by atoms with E-state index in [0.29, 0.717) is 64.0 Å². The molecular weight excluding hydrogens is 434 g/mol. The Balaban J connectivity index is 1.63. The van der Waals surface area contributed by atoms with Crippen molar-refractivity contribution in [1.29, 1.82) is 0 Å². The average Bonchev–Trinajstić information content (AvgIpc) is 2.84. The minimum Gasteiger partial charge on any atom is -0.378 e. The molecule has 174 valence electrons. The molecule has 0 aliphatic carbocycles. The zero-order valence-corrected chi connectivity index (χ0v) is 17.8. The van der Waals surface area contributed by atoms with Gasteiger partial charge >= 0.3 is 0 Å². The summed E-state index contributed by atoms with van der Waals surface area (Å²) < 4.78 is 10.7. The van der Waals surface area contributed by atoms with E-state index in [1.807, 2.05) is 9.80 Å². The minimum atomic E-state index is -0.589. The summed E-state index contributed by atoms with van der Waals surface area (Å²) in [6, 6.07) is 8.59. The molecule has 2 aliphatic rings. The zero-order chi connectivity index (χ0) is 23.4.